The number of nitrogens with zero attached hydrogens (tertiary/aromatic N) is 1. The van der Waals surface area contributed by atoms with Gasteiger partial charge in [0, 0.05) is 22.4 Å². The van der Waals surface area contributed by atoms with E-state index < -0.39 is 0 Å². The molecule has 1 saturated carbocycles. The first-order chi connectivity index (χ1) is 28.3. The number of hydrogen-bond acceptors (Lipinski definition) is 1. The maximum absolute atomic E-state index is 2.51. The van der Waals surface area contributed by atoms with E-state index in [1.54, 1.807) is 0 Å². The van der Waals surface area contributed by atoms with Gasteiger partial charge in [-0.3, -0.25) is 0 Å². The van der Waals surface area contributed by atoms with E-state index in [0.717, 1.165) is 11.4 Å². The van der Waals surface area contributed by atoms with Crippen molar-refractivity contribution in [1.82, 2.24) is 0 Å². The van der Waals surface area contributed by atoms with Gasteiger partial charge >= 0.3 is 0 Å². The Bertz CT molecular complexity index is 2950. The van der Waals surface area contributed by atoms with Gasteiger partial charge in [0.25, 0.3) is 0 Å². The van der Waals surface area contributed by atoms with Crippen molar-refractivity contribution in [1.29, 1.82) is 0 Å². The van der Waals surface area contributed by atoms with Gasteiger partial charge in [0.1, 0.15) is 0 Å². The van der Waals surface area contributed by atoms with Crippen LogP contribution >= 0.6 is 0 Å². The van der Waals surface area contributed by atoms with Crippen LogP contribution in [0.4, 0.5) is 17.1 Å². The predicted octanol–water partition coefficient (Wildman–Crippen LogP) is 15.7. The van der Waals surface area contributed by atoms with Crippen molar-refractivity contribution in [2.24, 2.45) is 0 Å². The molecule has 0 amide bonds. The van der Waals surface area contributed by atoms with Crippen LogP contribution in [0.15, 0.2) is 200 Å². The van der Waals surface area contributed by atoms with Gasteiger partial charge < -0.3 is 4.90 Å². The lowest BCUT2D eigenvalue weighted by Gasteiger charge is -2.36. The second-order valence-electron chi connectivity index (χ2n) is 15.9. The summed E-state index contributed by atoms with van der Waals surface area (Å²) >= 11 is 0. The molecule has 9 aromatic carbocycles. The Labute approximate surface area is 335 Å². The van der Waals surface area contributed by atoms with Crippen molar-refractivity contribution >= 4 is 38.6 Å². The van der Waals surface area contributed by atoms with Crippen LogP contribution in [0.25, 0.3) is 66.1 Å². The van der Waals surface area contributed by atoms with Crippen LogP contribution in [-0.4, -0.2) is 0 Å². The zero-order chi connectivity index (χ0) is 37.8. The zero-order valence-electron chi connectivity index (χ0n) is 32.0. The summed E-state index contributed by atoms with van der Waals surface area (Å²) in [5.41, 5.74) is 16.7. The summed E-state index contributed by atoms with van der Waals surface area (Å²) in [6.07, 6.45) is 6.35. The minimum Gasteiger partial charge on any atom is -0.310 e. The molecule has 0 bridgehead atoms. The smallest absolute Gasteiger partial charge is 0.0540 e. The first kappa shape index (κ1) is 33.6. The third kappa shape index (κ3) is 5.52. The molecule has 0 N–H and O–H groups in total. The lowest BCUT2D eigenvalue weighted by molar-refractivity contribution is 0.353. The van der Waals surface area contributed by atoms with Crippen molar-refractivity contribution < 1.29 is 0 Å². The molecule has 1 spiro atoms. The Hall–Kier alpha value is -6.70. The summed E-state index contributed by atoms with van der Waals surface area (Å²) < 4.78 is 0. The molecular weight excluding hydrogens is 687 g/mol. The van der Waals surface area contributed by atoms with Gasteiger partial charge in [0.15, 0.2) is 0 Å². The first-order valence-electron chi connectivity index (χ1n) is 20.6. The molecule has 11 rings (SSSR count). The Balaban J connectivity index is 1.14. The number of fused-ring (bicyclic) bond motifs is 8. The number of benzene rings is 9. The zero-order valence-corrected chi connectivity index (χ0v) is 32.0. The van der Waals surface area contributed by atoms with Gasteiger partial charge in [-0.15, -0.1) is 0 Å². The van der Waals surface area contributed by atoms with Crippen molar-refractivity contribution in [2.75, 3.05) is 4.90 Å². The van der Waals surface area contributed by atoms with E-state index in [-0.39, 0.29) is 5.41 Å². The van der Waals surface area contributed by atoms with E-state index in [4.69, 9.17) is 0 Å². The molecule has 1 nitrogen and oxygen atoms in total. The molecule has 0 heterocycles. The SMILES string of the molecule is c1ccc(-c2ccccc2-c2ccccc2-c2ccccc2N(c2ccc3c(c2)-c2ccccc2C32CCCCC2)c2ccc3c(ccc4ccccc43)c2)cc1. The van der Waals surface area contributed by atoms with E-state index in [2.05, 4.69) is 205 Å². The molecule has 0 aromatic heterocycles. The largest absolute Gasteiger partial charge is 0.310 e. The van der Waals surface area contributed by atoms with Crippen LogP contribution in [0.3, 0.4) is 0 Å². The summed E-state index contributed by atoms with van der Waals surface area (Å²) in [5, 5.41) is 5.06. The normalized spacial score (nSPS) is 14.1. The van der Waals surface area contributed by atoms with Gasteiger partial charge in [0.05, 0.1) is 5.69 Å². The summed E-state index contributed by atoms with van der Waals surface area (Å²) in [7, 11) is 0. The fourth-order valence-corrected chi connectivity index (χ4v) is 10.3. The Morgan fingerprint density at radius 2 is 0.877 bits per heavy atom. The quantitative estimate of drug-likeness (QED) is 0.154. The van der Waals surface area contributed by atoms with Crippen LogP contribution in [0.5, 0.6) is 0 Å². The molecular formula is C56H43N. The average molecular weight is 730 g/mol. The minimum absolute atomic E-state index is 0.112. The van der Waals surface area contributed by atoms with Crippen molar-refractivity contribution in [3.8, 4) is 44.5 Å². The number of hydrogen-bond donors (Lipinski definition) is 0. The second kappa shape index (κ2) is 13.8. The van der Waals surface area contributed by atoms with Gasteiger partial charge in [0.2, 0.25) is 0 Å². The molecule has 0 atom stereocenters. The van der Waals surface area contributed by atoms with Crippen molar-refractivity contribution in [3.05, 3.63) is 211 Å². The molecule has 0 saturated heterocycles. The maximum atomic E-state index is 2.51. The predicted molar refractivity (Wildman–Crippen MR) is 242 cm³/mol. The third-order valence-corrected chi connectivity index (χ3v) is 12.9. The van der Waals surface area contributed by atoms with Gasteiger partial charge in [-0.1, -0.05) is 189 Å². The van der Waals surface area contributed by atoms with E-state index >= 15 is 0 Å². The highest BCUT2D eigenvalue weighted by atomic mass is 15.1. The van der Waals surface area contributed by atoms with Gasteiger partial charge in [-0.25, -0.2) is 0 Å². The number of para-hydroxylation sites is 1. The fourth-order valence-electron chi connectivity index (χ4n) is 10.3. The van der Waals surface area contributed by atoms with E-state index in [1.165, 1.54) is 115 Å². The van der Waals surface area contributed by atoms with Crippen molar-refractivity contribution in [3.63, 3.8) is 0 Å². The molecule has 9 aromatic rings. The number of rotatable bonds is 6. The minimum atomic E-state index is 0.112. The maximum Gasteiger partial charge on any atom is 0.0540 e. The van der Waals surface area contributed by atoms with Crippen LogP contribution in [0.2, 0.25) is 0 Å². The summed E-state index contributed by atoms with van der Waals surface area (Å²) in [5.74, 6) is 0. The van der Waals surface area contributed by atoms with E-state index in [9.17, 15) is 0 Å². The van der Waals surface area contributed by atoms with Gasteiger partial charge in [-0.05, 0) is 115 Å². The average Bonchev–Trinajstić information content (AvgIpc) is 3.54. The lowest BCUT2D eigenvalue weighted by atomic mass is 9.68. The van der Waals surface area contributed by atoms with Crippen LogP contribution < -0.4 is 4.90 Å². The monoisotopic (exact) mass is 729 g/mol. The molecule has 0 unspecified atom stereocenters. The Morgan fingerprint density at radius 1 is 0.333 bits per heavy atom. The highest BCUT2D eigenvalue weighted by molar-refractivity contribution is 6.09. The molecule has 0 radical (unpaired) electrons. The third-order valence-electron chi connectivity index (χ3n) is 12.9. The fraction of sp³-hybridized carbons (Fsp3) is 0.107. The Morgan fingerprint density at radius 3 is 1.68 bits per heavy atom. The summed E-state index contributed by atoms with van der Waals surface area (Å²) in [4.78, 5) is 2.51. The molecule has 57 heavy (non-hydrogen) atoms. The highest BCUT2D eigenvalue weighted by Gasteiger charge is 2.43. The number of anilines is 3. The Kier molecular flexibility index (Phi) is 8.14. The lowest BCUT2D eigenvalue weighted by Crippen LogP contribution is -2.28. The summed E-state index contributed by atoms with van der Waals surface area (Å²) in [6, 6.07) is 74.5. The standard InChI is InChI=1S/C56H43N/c1-3-17-39(18-4-1)45-21-7-8-22-47(45)48-23-9-10-24-49(48)51-26-12-14-28-55(51)57(42-31-33-46-41(37-42)30-29-40-19-5-6-20-44(40)46)43-32-34-54-52(38-43)50-25-11-13-27-53(50)56(54)35-15-2-16-36-56/h1,3-14,17-34,37-38H,2,15-16,35-36H2. The molecule has 0 aliphatic heterocycles. The molecule has 2 aliphatic rings. The van der Waals surface area contributed by atoms with E-state index in [1.807, 2.05) is 0 Å². The molecule has 1 heteroatoms. The molecule has 272 valence electrons. The van der Waals surface area contributed by atoms with Crippen LogP contribution in [0, 0.1) is 0 Å². The van der Waals surface area contributed by atoms with Crippen molar-refractivity contribution in [2.45, 2.75) is 37.5 Å². The highest BCUT2D eigenvalue weighted by Crippen LogP contribution is 2.57. The topological polar surface area (TPSA) is 3.24 Å². The first-order valence-corrected chi connectivity index (χ1v) is 20.6. The van der Waals surface area contributed by atoms with Gasteiger partial charge in [-0.2, -0.15) is 0 Å². The molecule has 1 fully saturated rings. The summed E-state index contributed by atoms with van der Waals surface area (Å²) in [6.45, 7) is 0. The van der Waals surface area contributed by atoms with E-state index in [0.29, 0.717) is 0 Å². The molecule has 2 aliphatic carbocycles. The van der Waals surface area contributed by atoms with Crippen LogP contribution in [-0.2, 0) is 5.41 Å². The second-order valence-corrected chi connectivity index (χ2v) is 15.9. The van der Waals surface area contributed by atoms with Crippen LogP contribution in [0.1, 0.15) is 43.2 Å².